The molecule has 0 aliphatic carbocycles. The maximum Gasteiger partial charge on any atom is 0.326 e. The van der Waals surface area contributed by atoms with E-state index in [0.29, 0.717) is 18.0 Å². The molecule has 88 valence electrons. The first-order valence-electron chi connectivity index (χ1n) is 5.09. The van der Waals surface area contributed by atoms with Gasteiger partial charge in [-0.15, -0.1) is 0 Å². The van der Waals surface area contributed by atoms with Gasteiger partial charge in [0.1, 0.15) is 6.04 Å². The molecule has 0 saturated heterocycles. The zero-order chi connectivity index (χ0) is 12.1. The van der Waals surface area contributed by atoms with Crippen molar-refractivity contribution in [2.45, 2.75) is 26.3 Å². The summed E-state index contributed by atoms with van der Waals surface area (Å²) >= 11 is 3.29. The Morgan fingerprint density at radius 3 is 2.75 bits per heavy atom. The highest BCUT2D eigenvalue weighted by atomic mass is 79.9. The molecule has 1 aromatic heterocycles. The van der Waals surface area contributed by atoms with Crippen LogP contribution >= 0.6 is 15.9 Å². The molecule has 0 fully saturated rings. The van der Waals surface area contributed by atoms with E-state index in [1.54, 1.807) is 12.4 Å². The SMILES string of the molecule is CC(C)C[C@H](Nc1cncc(Br)c1)C(=O)O. The Hall–Kier alpha value is -1.10. The summed E-state index contributed by atoms with van der Waals surface area (Å²) < 4.78 is 0.825. The van der Waals surface area contributed by atoms with Crippen LogP contribution < -0.4 is 5.32 Å². The van der Waals surface area contributed by atoms with E-state index in [2.05, 4.69) is 26.2 Å². The molecule has 0 saturated carbocycles. The lowest BCUT2D eigenvalue weighted by Crippen LogP contribution is -2.30. The number of anilines is 1. The van der Waals surface area contributed by atoms with Gasteiger partial charge in [-0.3, -0.25) is 4.98 Å². The van der Waals surface area contributed by atoms with Crippen LogP contribution in [0.25, 0.3) is 0 Å². The number of rotatable bonds is 5. The van der Waals surface area contributed by atoms with Gasteiger partial charge in [-0.25, -0.2) is 4.79 Å². The van der Waals surface area contributed by atoms with Crippen LogP contribution in [0, 0.1) is 5.92 Å². The van der Waals surface area contributed by atoms with Crippen molar-refractivity contribution >= 4 is 27.6 Å². The van der Waals surface area contributed by atoms with Gasteiger partial charge in [0.2, 0.25) is 0 Å². The van der Waals surface area contributed by atoms with Crippen LogP contribution in [0.4, 0.5) is 5.69 Å². The predicted octanol–water partition coefficient (Wildman–Crippen LogP) is 2.76. The van der Waals surface area contributed by atoms with Crippen LogP contribution in [0.3, 0.4) is 0 Å². The maximum atomic E-state index is 11.0. The standard InChI is InChI=1S/C11H15BrN2O2/c1-7(2)3-10(11(15)16)14-9-4-8(12)5-13-6-9/h4-7,10,14H,3H2,1-2H3,(H,15,16)/t10-/m0/s1. The van der Waals surface area contributed by atoms with Crippen LogP contribution in [0.5, 0.6) is 0 Å². The molecular formula is C11H15BrN2O2. The summed E-state index contributed by atoms with van der Waals surface area (Å²) in [5.74, 6) is -0.512. The van der Waals surface area contributed by atoms with Crippen molar-refractivity contribution in [1.29, 1.82) is 0 Å². The van der Waals surface area contributed by atoms with Gasteiger partial charge in [0.05, 0.1) is 11.9 Å². The average Bonchev–Trinajstić information content (AvgIpc) is 2.15. The van der Waals surface area contributed by atoms with Crippen LogP contribution in [-0.4, -0.2) is 22.1 Å². The minimum Gasteiger partial charge on any atom is -0.480 e. The van der Waals surface area contributed by atoms with Crippen molar-refractivity contribution in [2.75, 3.05) is 5.32 Å². The van der Waals surface area contributed by atoms with E-state index in [-0.39, 0.29) is 0 Å². The molecule has 4 nitrogen and oxygen atoms in total. The lowest BCUT2D eigenvalue weighted by Gasteiger charge is -2.17. The third-order valence-corrected chi connectivity index (χ3v) is 2.48. The molecule has 2 N–H and O–H groups in total. The second kappa shape index (κ2) is 5.84. The topological polar surface area (TPSA) is 62.2 Å². The van der Waals surface area contributed by atoms with Crippen LogP contribution in [0.2, 0.25) is 0 Å². The van der Waals surface area contributed by atoms with E-state index < -0.39 is 12.0 Å². The van der Waals surface area contributed by atoms with E-state index in [9.17, 15) is 4.79 Å². The van der Waals surface area contributed by atoms with Gasteiger partial charge in [0.15, 0.2) is 0 Å². The number of hydrogen-bond acceptors (Lipinski definition) is 3. The molecular weight excluding hydrogens is 272 g/mol. The number of nitrogens with zero attached hydrogens (tertiary/aromatic N) is 1. The number of pyridine rings is 1. The highest BCUT2D eigenvalue weighted by Crippen LogP contribution is 2.16. The largest absolute Gasteiger partial charge is 0.480 e. The molecule has 1 rings (SSSR count). The smallest absolute Gasteiger partial charge is 0.326 e. The summed E-state index contributed by atoms with van der Waals surface area (Å²) in [4.78, 5) is 15.0. The molecule has 0 unspecified atom stereocenters. The number of carboxylic acids is 1. The van der Waals surface area contributed by atoms with Crippen molar-refractivity contribution in [1.82, 2.24) is 4.98 Å². The molecule has 1 heterocycles. The van der Waals surface area contributed by atoms with Gasteiger partial charge in [0, 0.05) is 10.7 Å². The minimum atomic E-state index is -0.839. The van der Waals surface area contributed by atoms with Gasteiger partial charge < -0.3 is 10.4 Å². The predicted molar refractivity (Wildman–Crippen MR) is 66.4 cm³/mol. The number of halogens is 1. The Balaban J connectivity index is 2.71. The lowest BCUT2D eigenvalue weighted by molar-refractivity contribution is -0.138. The van der Waals surface area contributed by atoms with Crippen LogP contribution in [0.15, 0.2) is 22.9 Å². The fourth-order valence-corrected chi connectivity index (χ4v) is 1.75. The molecule has 5 heteroatoms. The Morgan fingerprint density at radius 2 is 2.25 bits per heavy atom. The van der Waals surface area contributed by atoms with Gasteiger partial charge in [-0.1, -0.05) is 13.8 Å². The van der Waals surface area contributed by atoms with E-state index in [1.807, 2.05) is 19.9 Å². The Bertz CT molecular complexity index is 369. The monoisotopic (exact) mass is 286 g/mol. The second-order valence-corrected chi connectivity index (χ2v) is 4.97. The number of hydrogen-bond donors (Lipinski definition) is 2. The van der Waals surface area contributed by atoms with Crippen LogP contribution in [0.1, 0.15) is 20.3 Å². The molecule has 0 aliphatic heterocycles. The maximum absolute atomic E-state index is 11.0. The minimum absolute atomic E-state index is 0.328. The number of carboxylic acid groups (broad SMARTS) is 1. The van der Waals surface area contributed by atoms with E-state index in [1.165, 1.54) is 0 Å². The van der Waals surface area contributed by atoms with Gasteiger partial charge in [-0.05, 0) is 34.3 Å². The molecule has 0 bridgehead atoms. The average molecular weight is 287 g/mol. The Kier molecular flexibility index (Phi) is 4.73. The second-order valence-electron chi connectivity index (χ2n) is 4.06. The number of carbonyl (C=O) groups is 1. The quantitative estimate of drug-likeness (QED) is 0.874. The third kappa shape index (κ3) is 4.18. The molecule has 0 amide bonds. The molecule has 0 radical (unpaired) electrons. The van der Waals surface area contributed by atoms with Crippen LogP contribution in [-0.2, 0) is 4.79 Å². The van der Waals surface area contributed by atoms with Crippen molar-refractivity contribution < 1.29 is 9.90 Å². The first-order valence-corrected chi connectivity index (χ1v) is 5.88. The van der Waals surface area contributed by atoms with E-state index in [4.69, 9.17) is 5.11 Å². The summed E-state index contributed by atoms with van der Waals surface area (Å²) in [7, 11) is 0. The van der Waals surface area contributed by atoms with Gasteiger partial charge >= 0.3 is 5.97 Å². The van der Waals surface area contributed by atoms with Gasteiger partial charge in [0.25, 0.3) is 0 Å². The normalized spacial score (nSPS) is 12.5. The first-order chi connectivity index (χ1) is 7.49. The summed E-state index contributed by atoms with van der Waals surface area (Å²) in [5.41, 5.74) is 0.711. The van der Waals surface area contributed by atoms with E-state index >= 15 is 0 Å². The summed E-state index contributed by atoms with van der Waals surface area (Å²) in [6, 6.07) is 1.24. The highest BCUT2D eigenvalue weighted by Gasteiger charge is 2.18. The number of nitrogens with one attached hydrogen (secondary N) is 1. The Labute approximate surface area is 103 Å². The third-order valence-electron chi connectivity index (χ3n) is 2.05. The molecule has 1 atom stereocenters. The summed E-state index contributed by atoms with van der Waals surface area (Å²) in [6.07, 6.45) is 3.85. The zero-order valence-corrected chi connectivity index (χ0v) is 10.9. The van der Waals surface area contributed by atoms with Crippen molar-refractivity contribution in [2.24, 2.45) is 5.92 Å². The molecule has 1 aromatic rings. The van der Waals surface area contributed by atoms with Crippen molar-refractivity contribution in [3.8, 4) is 0 Å². The van der Waals surface area contributed by atoms with Crippen molar-refractivity contribution in [3.63, 3.8) is 0 Å². The fraction of sp³-hybridized carbons (Fsp3) is 0.455. The number of aromatic nitrogens is 1. The lowest BCUT2D eigenvalue weighted by atomic mass is 10.0. The molecule has 0 spiro atoms. The molecule has 0 aromatic carbocycles. The first kappa shape index (κ1) is 13.0. The van der Waals surface area contributed by atoms with Crippen molar-refractivity contribution in [3.05, 3.63) is 22.9 Å². The van der Waals surface area contributed by atoms with Gasteiger partial charge in [-0.2, -0.15) is 0 Å². The molecule has 16 heavy (non-hydrogen) atoms. The summed E-state index contributed by atoms with van der Waals surface area (Å²) in [6.45, 7) is 3.99. The zero-order valence-electron chi connectivity index (χ0n) is 9.27. The Morgan fingerprint density at radius 1 is 1.56 bits per heavy atom. The fourth-order valence-electron chi connectivity index (χ4n) is 1.38. The molecule has 0 aliphatic rings. The van der Waals surface area contributed by atoms with E-state index in [0.717, 1.165) is 4.47 Å². The highest BCUT2D eigenvalue weighted by molar-refractivity contribution is 9.10. The summed E-state index contributed by atoms with van der Waals surface area (Å²) in [5, 5.41) is 12.0. The number of aliphatic carboxylic acids is 1.